The van der Waals surface area contributed by atoms with Gasteiger partial charge in [0.15, 0.2) is 0 Å². The summed E-state index contributed by atoms with van der Waals surface area (Å²) in [7, 11) is -0.415. The molecule has 1 aliphatic heterocycles. The molecule has 0 amide bonds. The lowest BCUT2D eigenvalue weighted by molar-refractivity contribution is 0.00578. The van der Waals surface area contributed by atoms with E-state index in [0.717, 1.165) is 32.8 Å². The normalized spacial score (nSPS) is 18.0. The number of benzene rings is 3. The molecular weight excluding hydrogens is 364 g/mol. The van der Waals surface area contributed by atoms with Crippen LogP contribution in [0.1, 0.15) is 27.7 Å². The zero-order valence-corrected chi connectivity index (χ0v) is 17.0. The first-order valence-electron chi connectivity index (χ1n) is 9.92. The van der Waals surface area contributed by atoms with Gasteiger partial charge in [-0.1, -0.05) is 48.5 Å². The molecule has 3 nitrogen and oxygen atoms in total. The van der Waals surface area contributed by atoms with E-state index < -0.39 is 7.12 Å². The molecule has 0 saturated carbocycles. The highest BCUT2D eigenvalue weighted by atomic mass is 19.1. The molecule has 5 heteroatoms. The lowest BCUT2D eigenvalue weighted by Crippen LogP contribution is -2.41. The van der Waals surface area contributed by atoms with Gasteiger partial charge in [0, 0.05) is 27.4 Å². The average Bonchev–Trinajstić information content (AvgIpc) is 3.15. The van der Waals surface area contributed by atoms with Gasteiger partial charge in [-0.3, -0.25) is 0 Å². The fourth-order valence-corrected chi connectivity index (χ4v) is 3.98. The lowest BCUT2D eigenvalue weighted by atomic mass is 9.79. The smallest absolute Gasteiger partial charge is 0.399 e. The molecule has 146 valence electrons. The fourth-order valence-electron chi connectivity index (χ4n) is 3.98. The molecule has 1 fully saturated rings. The van der Waals surface area contributed by atoms with Crippen LogP contribution in [-0.4, -0.2) is 23.3 Å². The Bertz CT molecular complexity index is 1230. The number of hydrogen-bond donors (Lipinski definition) is 1. The third-order valence-corrected chi connectivity index (χ3v) is 6.35. The molecule has 1 aliphatic rings. The summed E-state index contributed by atoms with van der Waals surface area (Å²) in [5.41, 5.74) is 3.56. The van der Waals surface area contributed by atoms with E-state index in [2.05, 4.69) is 50.9 Å². The van der Waals surface area contributed by atoms with Gasteiger partial charge in [0.1, 0.15) is 5.82 Å². The molecule has 29 heavy (non-hydrogen) atoms. The van der Waals surface area contributed by atoms with Gasteiger partial charge in [-0.15, -0.1) is 0 Å². The Balaban J connectivity index is 1.64. The van der Waals surface area contributed by atoms with Crippen LogP contribution in [0.5, 0.6) is 0 Å². The Morgan fingerprint density at radius 2 is 1.48 bits per heavy atom. The lowest BCUT2D eigenvalue weighted by Gasteiger charge is -2.32. The summed E-state index contributed by atoms with van der Waals surface area (Å²) in [5, 5.41) is 2.17. The molecule has 2 heterocycles. The Hall–Kier alpha value is -2.63. The molecule has 1 N–H and O–H groups in total. The number of H-pyrrole nitrogens is 1. The van der Waals surface area contributed by atoms with Crippen molar-refractivity contribution in [2.75, 3.05) is 0 Å². The van der Waals surface area contributed by atoms with Crippen LogP contribution < -0.4 is 5.46 Å². The summed E-state index contributed by atoms with van der Waals surface area (Å²) in [5.74, 6) is -0.225. The summed E-state index contributed by atoms with van der Waals surface area (Å²) in [6, 6.07) is 19.1. The maximum Gasteiger partial charge on any atom is 0.494 e. The van der Waals surface area contributed by atoms with Crippen LogP contribution in [0.3, 0.4) is 0 Å². The fraction of sp³-hybridized carbons (Fsp3) is 0.250. The van der Waals surface area contributed by atoms with Crippen LogP contribution in [0.25, 0.3) is 32.9 Å². The first kappa shape index (κ1) is 18.4. The number of para-hydroxylation sites is 1. The van der Waals surface area contributed by atoms with Crippen molar-refractivity contribution in [3.05, 3.63) is 66.5 Å². The Kier molecular flexibility index (Phi) is 3.93. The third-order valence-electron chi connectivity index (χ3n) is 6.35. The van der Waals surface area contributed by atoms with Crippen molar-refractivity contribution in [2.24, 2.45) is 0 Å². The summed E-state index contributed by atoms with van der Waals surface area (Å²) in [4.78, 5) is 3.50. The molecule has 5 rings (SSSR count). The molecular formula is C24H23BFNO2. The topological polar surface area (TPSA) is 34.2 Å². The van der Waals surface area contributed by atoms with E-state index in [0.29, 0.717) is 5.56 Å². The molecule has 3 aromatic carbocycles. The standard InChI is InChI=1S/C24H23BFNO2/c1-23(2)24(3,4)29-25(28-23)15-12-13-17-19-10-7-9-18(22(19)27-21(17)14-15)16-8-5-6-11-20(16)26/h5-14,27H,1-4H3. The highest BCUT2D eigenvalue weighted by molar-refractivity contribution is 6.62. The van der Waals surface area contributed by atoms with Gasteiger partial charge in [0.2, 0.25) is 0 Å². The quantitative estimate of drug-likeness (QED) is 0.466. The molecule has 4 aromatic rings. The summed E-state index contributed by atoms with van der Waals surface area (Å²) < 4.78 is 26.8. The number of nitrogens with one attached hydrogen (secondary N) is 1. The number of halogens is 1. The maximum atomic E-state index is 14.4. The number of hydrogen-bond acceptors (Lipinski definition) is 2. The van der Waals surface area contributed by atoms with Crippen LogP contribution in [-0.2, 0) is 9.31 Å². The number of fused-ring (bicyclic) bond motifs is 3. The third kappa shape index (κ3) is 2.80. The SMILES string of the molecule is CC1(C)OB(c2ccc3c(c2)[nH]c2c(-c4ccccc4F)cccc23)OC1(C)C. The summed E-state index contributed by atoms with van der Waals surface area (Å²) >= 11 is 0. The van der Waals surface area contributed by atoms with Gasteiger partial charge in [-0.2, -0.15) is 0 Å². The van der Waals surface area contributed by atoms with E-state index in [-0.39, 0.29) is 17.0 Å². The summed E-state index contributed by atoms with van der Waals surface area (Å²) in [6.07, 6.45) is 0. The van der Waals surface area contributed by atoms with Crippen molar-refractivity contribution in [2.45, 2.75) is 38.9 Å². The Morgan fingerprint density at radius 1 is 0.793 bits per heavy atom. The van der Waals surface area contributed by atoms with Gasteiger partial charge in [-0.25, -0.2) is 4.39 Å². The van der Waals surface area contributed by atoms with Crippen LogP contribution >= 0.6 is 0 Å². The van der Waals surface area contributed by atoms with Gasteiger partial charge >= 0.3 is 7.12 Å². The zero-order chi connectivity index (χ0) is 20.4. The van der Waals surface area contributed by atoms with Crippen molar-refractivity contribution in [1.82, 2.24) is 4.98 Å². The predicted octanol–water partition coefficient (Wildman–Crippen LogP) is 5.43. The number of aromatic nitrogens is 1. The van der Waals surface area contributed by atoms with Crippen molar-refractivity contribution >= 4 is 34.4 Å². The highest BCUT2D eigenvalue weighted by Crippen LogP contribution is 2.37. The van der Waals surface area contributed by atoms with Crippen molar-refractivity contribution in [3.8, 4) is 11.1 Å². The molecule has 0 aliphatic carbocycles. The molecule has 1 aromatic heterocycles. The first-order valence-corrected chi connectivity index (χ1v) is 9.92. The second kappa shape index (κ2) is 6.18. The zero-order valence-electron chi connectivity index (χ0n) is 17.0. The van der Waals surface area contributed by atoms with Gasteiger partial charge in [-0.05, 0) is 45.3 Å². The minimum Gasteiger partial charge on any atom is -0.399 e. The van der Waals surface area contributed by atoms with E-state index in [1.807, 2.05) is 30.3 Å². The second-order valence-corrected chi connectivity index (χ2v) is 8.73. The maximum absolute atomic E-state index is 14.4. The Morgan fingerprint density at radius 3 is 2.21 bits per heavy atom. The van der Waals surface area contributed by atoms with Crippen molar-refractivity contribution < 1.29 is 13.7 Å². The minimum absolute atomic E-state index is 0.225. The molecule has 0 radical (unpaired) electrons. The van der Waals surface area contributed by atoms with E-state index in [1.165, 1.54) is 6.07 Å². The predicted molar refractivity (Wildman–Crippen MR) is 117 cm³/mol. The largest absolute Gasteiger partial charge is 0.494 e. The molecule has 0 spiro atoms. The van der Waals surface area contributed by atoms with E-state index >= 15 is 0 Å². The van der Waals surface area contributed by atoms with Crippen molar-refractivity contribution in [3.63, 3.8) is 0 Å². The Labute approximate surface area is 170 Å². The number of aromatic amines is 1. The monoisotopic (exact) mass is 387 g/mol. The molecule has 1 saturated heterocycles. The molecule has 0 unspecified atom stereocenters. The van der Waals surface area contributed by atoms with Crippen LogP contribution in [0.2, 0.25) is 0 Å². The highest BCUT2D eigenvalue weighted by Gasteiger charge is 2.51. The minimum atomic E-state index is -0.415. The van der Waals surface area contributed by atoms with E-state index in [1.54, 1.807) is 6.07 Å². The molecule has 0 atom stereocenters. The number of rotatable bonds is 2. The van der Waals surface area contributed by atoms with E-state index in [4.69, 9.17) is 9.31 Å². The van der Waals surface area contributed by atoms with Crippen molar-refractivity contribution in [1.29, 1.82) is 0 Å². The average molecular weight is 387 g/mol. The van der Waals surface area contributed by atoms with E-state index in [9.17, 15) is 4.39 Å². The van der Waals surface area contributed by atoms with Crippen LogP contribution in [0, 0.1) is 5.82 Å². The first-order chi connectivity index (χ1) is 13.8. The van der Waals surface area contributed by atoms with Gasteiger partial charge in [0.05, 0.1) is 16.7 Å². The summed E-state index contributed by atoms with van der Waals surface area (Å²) in [6.45, 7) is 8.20. The van der Waals surface area contributed by atoms with Gasteiger partial charge < -0.3 is 14.3 Å². The van der Waals surface area contributed by atoms with Crippen LogP contribution in [0.15, 0.2) is 60.7 Å². The van der Waals surface area contributed by atoms with Gasteiger partial charge in [0.25, 0.3) is 0 Å². The molecule has 0 bridgehead atoms. The van der Waals surface area contributed by atoms with Crippen LogP contribution in [0.4, 0.5) is 4.39 Å². The second-order valence-electron chi connectivity index (χ2n) is 8.73.